The first-order valence-electron chi connectivity index (χ1n) is 10.1. The Balaban J connectivity index is 1.81. The zero-order chi connectivity index (χ0) is 18.8. The summed E-state index contributed by atoms with van der Waals surface area (Å²) in [4.78, 5) is 7.13. The first-order chi connectivity index (χ1) is 12.5. The van der Waals surface area contributed by atoms with E-state index in [1.807, 2.05) is 37.3 Å². The standard InChI is InChI=1S/C21H36N4O/c1-4-22-20(23-14-11-18-12-15-25(5-2)16-13-18)24-17-21(3,26)19-9-7-6-8-10-19/h6-10,18,26H,4-5,11-17H2,1-3H3,(H2,22,23,24). The number of hydrogen-bond donors (Lipinski definition) is 3. The van der Waals surface area contributed by atoms with Crippen LogP contribution in [0, 0.1) is 5.92 Å². The minimum Gasteiger partial charge on any atom is -0.384 e. The summed E-state index contributed by atoms with van der Waals surface area (Å²) < 4.78 is 0. The molecule has 146 valence electrons. The molecule has 3 N–H and O–H groups in total. The zero-order valence-corrected chi connectivity index (χ0v) is 16.7. The lowest BCUT2D eigenvalue weighted by Gasteiger charge is -2.31. The predicted molar refractivity (Wildman–Crippen MR) is 109 cm³/mol. The molecule has 1 aromatic rings. The molecule has 0 saturated carbocycles. The molecule has 1 heterocycles. The Hall–Kier alpha value is -1.59. The van der Waals surface area contributed by atoms with Gasteiger partial charge in [0.05, 0.1) is 6.54 Å². The summed E-state index contributed by atoms with van der Waals surface area (Å²) in [5.74, 6) is 1.59. The minimum absolute atomic E-state index is 0.335. The lowest BCUT2D eigenvalue weighted by atomic mass is 9.93. The monoisotopic (exact) mass is 360 g/mol. The van der Waals surface area contributed by atoms with E-state index >= 15 is 0 Å². The lowest BCUT2D eigenvalue weighted by molar-refractivity contribution is 0.0672. The fourth-order valence-corrected chi connectivity index (χ4v) is 3.45. The van der Waals surface area contributed by atoms with Gasteiger partial charge in [0.25, 0.3) is 0 Å². The molecule has 5 nitrogen and oxygen atoms in total. The molecule has 1 fully saturated rings. The first kappa shape index (κ1) is 20.7. The second-order valence-electron chi connectivity index (χ2n) is 7.43. The van der Waals surface area contributed by atoms with Gasteiger partial charge in [0, 0.05) is 13.1 Å². The van der Waals surface area contributed by atoms with Gasteiger partial charge in [-0.25, -0.2) is 4.99 Å². The van der Waals surface area contributed by atoms with E-state index in [1.54, 1.807) is 0 Å². The van der Waals surface area contributed by atoms with Crippen LogP contribution in [0.4, 0.5) is 0 Å². The second-order valence-corrected chi connectivity index (χ2v) is 7.43. The molecular formula is C21H36N4O. The Morgan fingerprint density at radius 2 is 1.88 bits per heavy atom. The third-order valence-electron chi connectivity index (χ3n) is 5.28. The molecule has 1 aliphatic heterocycles. The van der Waals surface area contributed by atoms with E-state index in [9.17, 15) is 5.11 Å². The first-order valence-corrected chi connectivity index (χ1v) is 10.1. The molecule has 0 aromatic heterocycles. The molecule has 5 heteroatoms. The Labute approximate surface area is 158 Å². The molecule has 1 unspecified atom stereocenters. The number of piperidine rings is 1. The summed E-state index contributed by atoms with van der Waals surface area (Å²) in [7, 11) is 0. The summed E-state index contributed by atoms with van der Waals surface area (Å²) in [5, 5.41) is 17.4. The van der Waals surface area contributed by atoms with Gasteiger partial charge >= 0.3 is 0 Å². The van der Waals surface area contributed by atoms with Crippen LogP contribution in [0.15, 0.2) is 35.3 Å². The number of guanidine groups is 1. The molecule has 0 amide bonds. The van der Waals surface area contributed by atoms with Crippen molar-refractivity contribution in [1.82, 2.24) is 15.5 Å². The molecule has 0 bridgehead atoms. The number of nitrogens with one attached hydrogen (secondary N) is 2. The van der Waals surface area contributed by atoms with Gasteiger partial charge in [-0.1, -0.05) is 37.3 Å². The van der Waals surface area contributed by atoms with Crippen LogP contribution in [0.3, 0.4) is 0 Å². The van der Waals surface area contributed by atoms with Crippen molar-refractivity contribution in [3.8, 4) is 0 Å². The van der Waals surface area contributed by atoms with E-state index < -0.39 is 5.60 Å². The Morgan fingerprint density at radius 1 is 1.19 bits per heavy atom. The van der Waals surface area contributed by atoms with Gasteiger partial charge in [0.15, 0.2) is 5.96 Å². The normalized spacial score (nSPS) is 19.2. The highest BCUT2D eigenvalue weighted by molar-refractivity contribution is 5.79. The quantitative estimate of drug-likeness (QED) is 0.493. The topological polar surface area (TPSA) is 59.9 Å². The van der Waals surface area contributed by atoms with E-state index in [2.05, 4.69) is 34.4 Å². The summed E-state index contributed by atoms with van der Waals surface area (Å²) in [5.41, 5.74) is -0.0707. The number of aliphatic hydroxyl groups is 1. The number of rotatable bonds is 8. The predicted octanol–water partition coefficient (Wildman–Crippen LogP) is 2.57. The van der Waals surface area contributed by atoms with E-state index in [-0.39, 0.29) is 0 Å². The largest absolute Gasteiger partial charge is 0.384 e. The van der Waals surface area contributed by atoms with E-state index in [0.29, 0.717) is 6.54 Å². The molecule has 1 aliphatic rings. The van der Waals surface area contributed by atoms with Crippen LogP contribution in [0.1, 0.15) is 45.6 Å². The van der Waals surface area contributed by atoms with Crippen molar-refractivity contribution in [2.75, 3.05) is 39.3 Å². The summed E-state index contributed by atoms with van der Waals surface area (Å²) in [6, 6.07) is 9.73. The summed E-state index contributed by atoms with van der Waals surface area (Å²) >= 11 is 0. The number of nitrogens with zero attached hydrogens (tertiary/aromatic N) is 2. The SMILES string of the molecule is CCNC(=NCC(C)(O)c1ccccc1)NCCC1CCN(CC)CC1. The van der Waals surface area contributed by atoms with E-state index in [4.69, 9.17) is 0 Å². The Kier molecular flexibility index (Phi) is 8.39. The van der Waals surface area contributed by atoms with Crippen molar-refractivity contribution in [3.05, 3.63) is 35.9 Å². The second kappa shape index (κ2) is 10.5. The van der Waals surface area contributed by atoms with Gasteiger partial charge in [-0.3, -0.25) is 0 Å². The number of hydrogen-bond acceptors (Lipinski definition) is 3. The molecule has 0 aliphatic carbocycles. The summed E-state index contributed by atoms with van der Waals surface area (Å²) in [6.45, 7) is 11.8. The molecular weight excluding hydrogens is 324 g/mol. The maximum absolute atomic E-state index is 10.7. The fourth-order valence-electron chi connectivity index (χ4n) is 3.45. The molecule has 0 spiro atoms. The summed E-state index contributed by atoms with van der Waals surface area (Å²) in [6.07, 6.45) is 3.77. The minimum atomic E-state index is -0.962. The van der Waals surface area contributed by atoms with Crippen molar-refractivity contribution in [3.63, 3.8) is 0 Å². The number of aliphatic imine (C=N–C) groups is 1. The average molecular weight is 361 g/mol. The zero-order valence-electron chi connectivity index (χ0n) is 16.7. The smallest absolute Gasteiger partial charge is 0.191 e. The Bertz CT molecular complexity index is 536. The lowest BCUT2D eigenvalue weighted by Crippen LogP contribution is -2.40. The van der Waals surface area contributed by atoms with Gasteiger partial charge < -0.3 is 20.6 Å². The van der Waals surface area contributed by atoms with Gasteiger partial charge in [0.1, 0.15) is 5.60 Å². The third-order valence-corrected chi connectivity index (χ3v) is 5.28. The van der Waals surface area contributed by atoms with E-state index in [0.717, 1.165) is 30.5 Å². The van der Waals surface area contributed by atoms with Crippen LogP contribution in [-0.2, 0) is 5.60 Å². The number of likely N-dealkylation sites (tertiary alicyclic amines) is 1. The molecule has 2 rings (SSSR count). The van der Waals surface area contributed by atoms with Crippen LogP contribution in [0.5, 0.6) is 0 Å². The van der Waals surface area contributed by atoms with Crippen molar-refractivity contribution in [1.29, 1.82) is 0 Å². The van der Waals surface area contributed by atoms with Gasteiger partial charge in [-0.15, -0.1) is 0 Å². The van der Waals surface area contributed by atoms with Gasteiger partial charge in [0.2, 0.25) is 0 Å². The highest BCUT2D eigenvalue weighted by Crippen LogP contribution is 2.21. The van der Waals surface area contributed by atoms with Crippen molar-refractivity contribution < 1.29 is 5.11 Å². The Morgan fingerprint density at radius 3 is 2.50 bits per heavy atom. The van der Waals surface area contributed by atoms with Crippen molar-refractivity contribution in [2.45, 2.75) is 45.6 Å². The van der Waals surface area contributed by atoms with Crippen molar-refractivity contribution >= 4 is 5.96 Å². The molecule has 1 atom stereocenters. The van der Waals surface area contributed by atoms with Gasteiger partial charge in [-0.05, 0) is 64.2 Å². The van der Waals surface area contributed by atoms with E-state index in [1.165, 1.54) is 38.9 Å². The van der Waals surface area contributed by atoms with Crippen LogP contribution in [0.25, 0.3) is 0 Å². The molecule has 1 aromatic carbocycles. The molecule has 1 saturated heterocycles. The molecule has 0 radical (unpaired) electrons. The van der Waals surface area contributed by atoms with Crippen LogP contribution in [0.2, 0.25) is 0 Å². The highest BCUT2D eigenvalue weighted by atomic mass is 16.3. The maximum Gasteiger partial charge on any atom is 0.191 e. The number of benzene rings is 1. The van der Waals surface area contributed by atoms with Crippen molar-refractivity contribution in [2.24, 2.45) is 10.9 Å². The average Bonchev–Trinajstić information content (AvgIpc) is 2.67. The van der Waals surface area contributed by atoms with Crippen LogP contribution in [-0.4, -0.2) is 55.2 Å². The van der Waals surface area contributed by atoms with Crippen LogP contribution < -0.4 is 10.6 Å². The molecule has 26 heavy (non-hydrogen) atoms. The van der Waals surface area contributed by atoms with Crippen LogP contribution >= 0.6 is 0 Å². The van der Waals surface area contributed by atoms with Gasteiger partial charge in [-0.2, -0.15) is 0 Å². The maximum atomic E-state index is 10.7. The fraction of sp³-hybridized carbons (Fsp3) is 0.667. The third kappa shape index (κ3) is 6.61. The highest BCUT2D eigenvalue weighted by Gasteiger charge is 2.22.